The quantitative estimate of drug-likeness (QED) is 0.889. The molecule has 2 N–H and O–H groups in total. The van der Waals surface area contributed by atoms with E-state index >= 15 is 0 Å². The number of aryl methyl sites for hydroxylation is 1. The lowest BCUT2D eigenvalue weighted by atomic mass is 10.2. The predicted molar refractivity (Wildman–Crippen MR) is 73.2 cm³/mol. The molecule has 18 heavy (non-hydrogen) atoms. The second kappa shape index (κ2) is 5.60. The Morgan fingerprint density at radius 3 is 2.72 bits per heavy atom. The molecule has 2 rings (SSSR count). The number of nitrogens with two attached hydrogens (primary N) is 1. The maximum absolute atomic E-state index is 5.61. The Morgan fingerprint density at radius 2 is 2.11 bits per heavy atom. The van der Waals surface area contributed by atoms with Gasteiger partial charge in [0.25, 0.3) is 0 Å². The van der Waals surface area contributed by atoms with Gasteiger partial charge >= 0.3 is 0 Å². The van der Waals surface area contributed by atoms with Crippen molar-refractivity contribution in [1.82, 2.24) is 9.97 Å². The lowest BCUT2D eigenvalue weighted by Crippen LogP contribution is -2.19. The summed E-state index contributed by atoms with van der Waals surface area (Å²) in [4.78, 5) is 10.7. The van der Waals surface area contributed by atoms with Crippen molar-refractivity contribution < 1.29 is 0 Å². The van der Waals surface area contributed by atoms with E-state index in [4.69, 9.17) is 5.73 Å². The first-order valence-corrected chi connectivity index (χ1v) is 5.96. The van der Waals surface area contributed by atoms with Gasteiger partial charge in [0.15, 0.2) is 0 Å². The van der Waals surface area contributed by atoms with Gasteiger partial charge in [0.1, 0.15) is 5.82 Å². The van der Waals surface area contributed by atoms with Crippen LogP contribution in [0.4, 0.5) is 5.82 Å². The van der Waals surface area contributed by atoms with Gasteiger partial charge < -0.3 is 10.6 Å². The van der Waals surface area contributed by atoms with E-state index in [1.54, 1.807) is 6.20 Å². The molecule has 0 aliphatic carbocycles. The van der Waals surface area contributed by atoms with Gasteiger partial charge in [-0.25, -0.2) is 4.98 Å². The molecule has 0 fully saturated rings. The Kier molecular flexibility index (Phi) is 3.89. The van der Waals surface area contributed by atoms with Crippen LogP contribution in [0.3, 0.4) is 0 Å². The molecule has 2 heterocycles. The van der Waals surface area contributed by atoms with Crippen LogP contribution in [0, 0.1) is 6.92 Å². The van der Waals surface area contributed by atoms with E-state index in [1.807, 2.05) is 25.5 Å². The molecular formula is C14H18N4. The summed E-state index contributed by atoms with van der Waals surface area (Å²) >= 11 is 0. The van der Waals surface area contributed by atoms with Crippen LogP contribution < -0.4 is 10.6 Å². The standard InChI is InChI=1S/C14H18N4/c1-11-6-13(7-15)9-17-14(11)18(2)10-12-4-3-5-16-8-12/h3-6,8-9H,7,10,15H2,1-2H3. The van der Waals surface area contributed by atoms with Gasteiger partial charge in [-0.15, -0.1) is 0 Å². The molecular weight excluding hydrogens is 224 g/mol. The smallest absolute Gasteiger partial charge is 0.131 e. The molecule has 0 bridgehead atoms. The first kappa shape index (κ1) is 12.5. The van der Waals surface area contributed by atoms with Gasteiger partial charge in [-0.2, -0.15) is 0 Å². The van der Waals surface area contributed by atoms with Crippen molar-refractivity contribution in [2.75, 3.05) is 11.9 Å². The van der Waals surface area contributed by atoms with Crippen LogP contribution in [0.15, 0.2) is 36.8 Å². The van der Waals surface area contributed by atoms with Crippen LogP contribution in [0.5, 0.6) is 0 Å². The highest BCUT2D eigenvalue weighted by atomic mass is 15.2. The van der Waals surface area contributed by atoms with Gasteiger partial charge in [-0.1, -0.05) is 6.07 Å². The summed E-state index contributed by atoms with van der Waals surface area (Å²) in [5.41, 5.74) is 8.98. The minimum Gasteiger partial charge on any atom is -0.355 e. The third-order valence-electron chi connectivity index (χ3n) is 2.85. The molecule has 0 saturated carbocycles. The second-order valence-electron chi connectivity index (χ2n) is 4.41. The Morgan fingerprint density at radius 1 is 1.28 bits per heavy atom. The Labute approximate surface area is 107 Å². The minimum absolute atomic E-state index is 0.528. The fraction of sp³-hybridized carbons (Fsp3) is 0.286. The zero-order chi connectivity index (χ0) is 13.0. The highest BCUT2D eigenvalue weighted by Crippen LogP contribution is 2.18. The fourth-order valence-electron chi connectivity index (χ4n) is 1.98. The first-order valence-electron chi connectivity index (χ1n) is 5.96. The molecule has 94 valence electrons. The maximum Gasteiger partial charge on any atom is 0.131 e. The molecule has 2 aromatic rings. The van der Waals surface area contributed by atoms with E-state index in [0.29, 0.717) is 6.54 Å². The molecule has 4 nitrogen and oxygen atoms in total. The summed E-state index contributed by atoms with van der Waals surface area (Å²) in [6.45, 7) is 3.38. The van der Waals surface area contributed by atoms with Gasteiger partial charge in [0, 0.05) is 38.7 Å². The summed E-state index contributed by atoms with van der Waals surface area (Å²) in [5, 5.41) is 0. The first-order chi connectivity index (χ1) is 8.70. The van der Waals surface area contributed by atoms with Crippen LogP contribution in [0.25, 0.3) is 0 Å². The zero-order valence-electron chi connectivity index (χ0n) is 10.8. The minimum atomic E-state index is 0.528. The van der Waals surface area contributed by atoms with Crippen LogP contribution in [0.2, 0.25) is 0 Å². The number of aromatic nitrogens is 2. The Balaban J connectivity index is 2.16. The summed E-state index contributed by atoms with van der Waals surface area (Å²) in [5.74, 6) is 0.982. The monoisotopic (exact) mass is 242 g/mol. The van der Waals surface area contributed by atoms with Crippen molar-refractivity contribution in [3.8, 4) is 0 Å². The molecule has 0 radical (unpaired) electrons. The summed E-state index contributed by atoms with van der Waals surface area (Å²) in [6.07, 6.45) is 5.49. The number of rotatable bonds is 4. The molecule has 0 unspecified atom stereocenters. The van der Waals surface area contributed by atoms with Gasteiger partial charge in [0.2, 0.25) is 0 Å². The second-order valence-corrected chi connectivity index (χ2v) is 4.41. The number of pyridine rings is 2. The molecule has 0 aliphatic heterocycles. The van der Waals surface area contributed by atoms with E-state index in [2.05, 4.69) is 33.9 Å². The lowest BCUT2D eigenvalue weighted by Gasteiger charge is -2.20. The highest BCUT2D eigenvalue weighted by molar-refractivity contribution is 5.47. The fourth-order valence-corrected chi connectivity index (χ4v) is 1.98. The van der Waals surface area contributed by atoms with Crippen molar-refractivity contribution in [1.29, 1.82) is 0 Å². The van der Waals surface area contributed by atoms with E-state index in [-0.39, 0.29) is 0 Å². The molecule has 0 atom stereocenters. The molecule has 0 saturated heterocycles. The SMILES string of the molecule is Cc1cc(CN)cnc1N(C)Cc1cccnc1. The third kappa shape index (κ3) is 2.84. The van der Waals surface area contributed by atoms with Gasteiger partial charge in [-0.3, -0.25) is 4.98 Å². The summed E-state index contributed by atoms with van der Waals surface area (Å²) in [7, 11) is 2.03. The molecule has 0 spiro atoms. The Bertz CT molecular complexity index is 510. The normalized spacial score (nSPS) is 10.4. The average molecular weight is 242 g/mol. The van der Waals surface area contributed by atoms with Gasteiger partial charge in [0.05, 0.1) is 0 Å². The van der Waals surface area contributed by atoms with E-state index < -0.39 is 0 Å². The predicted octanol–water partition coefficient (Wildman–Crippen LogP) is 1.88. The molecule has 4 heteroatoms. The summed E-state index contributed by atoms with van der Waals surface area (Å²) < 4.78 is 0. The van der Waals surface area contributed by atoms with Crippen molar-refractivity contribution in [3.05, 3.63) is 53.5 Å². The molecule has 2 aromatic heterocycles. The largest absolute Gasteiger partial charge is 0.355 e. The highest BCUT2D eigenvalue weighted by Gasteiger charge is 2.07. The van der Waals surface area contributed by atoms with Crippen molar-refractivity contribution in [3.63, 3.8) is 0 Å². The number of hydrogen-bond donors (Lipinski definition) is 1. The van der Waals surface area contributed by atoms with E-state index in [9.17, 15) is 0 Å². The number of hydrogen-bond acceptors (Lipinski definition) is 4. The Hall–Kier alpha value is -1.94. The molecule has 0 aromatic carbocycles. The van der Waals surface area contributed by atoms with E-state index in [1.165, 1.54) is 5.56 Å². The number of nitrogens with zero attached hydrogens (tertiary/aromatic N) is 3. The van der Waals surface area contributed by atoms with Crippen LogP contribution >= 0.6 is 0 Å². The topological polar surface area (TPSA) is 55.0 Å². The number of anilines is 1. The zero-order valence-corrected chi connectivity index (χ0v) is 10.8. The summed E-state index contributed by atoms with van der Waals surface area (Å²) in [6, 6.07) is 6.09. The maximum atomic E-state index is 5.61. The molecule has 0 amide bonds. The van der Waals surface area contributed by atoms with Crippen molar-refractivity contribution in [2.45, 2.75) is 20.0 Å². The third-order valence-corrected chi connectivity index (χ3v) is 2.85. The van der Waals surface area contributed by atoms with E-state index in [0.717, 1.165) is 23.5 Å². The molecule has 0 aliphatic rings. The van der Waals surface area contributed by atoms with Crippen LogP contribution in [-0.4, -0.2) is 17.0 Å². The van der Waals surface area contributed by atoms with Crippen molar-refractivity contribution in [2.24, 2.45) is 5.73 Å². The van der Waals surface area contributed by atoms with Crippen molar-refractivity contribution >= 4 is 5.82 Å². The van der Waals surface area contributed by atoms with Crippen LogP contribution in [-0.2, 0) is 13.1 Å². The lowest BCUT2D eigenvalue weighted by molar-refractivity contribution is 0.879. The van der Waals surface area contributed by atoms with Gasteiger partial charge in [-0.05, 0) is 35.7 Å². The van der Waals surface area contributed by atoms with Crippen LogP contribution in [0.1, 0.15) is 16.7 Å². The average Bonchev–Trinajstić information content (AvgIpc) is 2.39.